The summed E-state index contributed by atoms with van der Waals surface area (Å²) in [6, 6.07) is 6.97. The van der Waals surface area contributed by atoms with Gasteiger partial charge in [0.05, 0.1) is 6.04 Å². The zero-order valence-corrected chi connectivity index (χ0v) is 13.1. The van der Waals surface area contributed by atoms with Crippen LogP contribution in [0.25, 0.3) is 0 Å². The number of aryl methyl sites for hydroxylation is 2. The molecule has 108 valence electrons. The summed E-state index contributed by atoms with van der Waals surface area (Å²) < 4.78 is 2.26. The van der Waals surface area contributed by atoms with Crippen LogP contribution in [0.4, 0.5) is 0 Å². The van der Waals surface area contributed by atoms with Crippen molar-refractivity contribution in [2.24, 2.45) is 0 Å². The van der Waals surface area contributed by atoms with E-state index in [0.29, 0.717) is 12.0 Å². The summed E-state index contributed by atoms with van der Waals surface area (Å²) in [5.74, 6) is 1.59. The molecule has 1 N–H and O–H groups in total. The standard InChI is InChI=1S/C17H25N3/c1-12(2)17-19-8-9-20(17)11-16(18-5)15-7-6-13(3)10-14(15)4/h6-10,12,16,18H,11H2,1-5H3. The molecule has 1 heterocycles. The Balaban J connectivity index is 2.27. The van der Waals surface area contributed by atoms with Gasteiger partial charge in [0.2, 0.25) is 0 Å². The first kappa shape index (κ1) is 14.8. The molecular weight excluding hydrogens is 246 g/mol. The van der Waals surface area contributed by atoms with Gasteiger partial charge in [-0.2, -0.15) is 0 Å². The summed E-state index contributed by atoms with van der Waals surface area (Å²) in [7, 11) is 2.02. The Labute approximate surface area is 122 Å². The average Bonchev–Trinajstić information content (AvgIpc) is 2.85. The Bertz CT molecular complexity index is 569. The van der Waals surface area contributed by atoms with Crippen molar-refractivity contribution in [3.63, 3.8) is 0 Å². The molecule has 0 saturated carbocycles. The lowest BCUT2D eigenvalue weighted by atomic mass is 9.99. The van der Waals surface area contributed by atoms with Gasteiger partial charge in [0.25, 0.3) is 0 Å². The van der Waals surface area contributed by atoms with E-state index in [1.54, 1.807) is 0 Å². The third-order valence-corrected chi connectivity index (χ3v) is 3.79. The first-order valence-electron chi connectivity index (χ1n) is 7.28. The Hall–Kier alpha value is -1.61. The van der Waals surface area contributed by atoms with Crippen molar-refractivity contribution in [2.45, 2.75) is 46.2 Å². The zero-order valence-electron chi connectivity index (χ0n) is 13.1. The molecule has 1 aromatic heterocycles. The number of hydrogen-bond acceptors (Lipinski definition) is 2. The topological polar surface area (TPSA) is 29.9 Å². The van der Waals surface area contributed by atoms with Gasteiger partial charge < -0.3 is 9.88 Å². The Morgan fingerprint density at radius 1 is 1.25 bits per heavy atom. The van der Waals surface area contributed by atoms with Crippen LogP contribution in [0.1, 0.15) is 48.3 Å². The third-order valence-electron chi connectivity index (χ3n) is 3.79. The van der Waals surface area contributed by atoms with Crippen LogP contribution in [0.15, 0.2) is 30.6 Å². The Morgan fingerprint density at radius 2 is 2.00 bits per heavy atom. The molecule has 1 atom stereocenters. The third kappa shape index (κ3) is 3.10. The van der Waals surface area contributed by atoms with Crippen LogP contribution in [-0.2, 0) is 6.54 Å². The first-order chi connectivity index (χ1) is 9.52. The van der Waals surface area contributed by atoms with Crippen molar-refractivity contribution in [3.8, 4) is 0 Å². The molecule has 20 heavy (non-hydrogen) atoms. The van der Waals surface area contributed by atoms with Gasteiger partial charge in [0, 0.05) is 24.9 Å². The predicted molar refractivity (Wildman–Crippen MR) is 84.0 cm³/mol. The molecule has 0 aliphatic heterocycles. The van der Waals surface area contributed by atoms with Crippen LogP contribution in [0, 0.1) is 13.8 Å². The van der Waals surface area contributed by atoms with E-state index in [-0.39, 0.29) is 0 Å². The van der Waals surface area contributed by atoms with E-state index < -0.39 is 0 Å². The lowest BCUT2D eigenvalue weighted by molar-refractivity contribution is 0.480. The molecule has 0 spiro atoms. The molecule has 2 rings (SSSR count). The van der Waals surface area contributed by atoms with Crippen LogP contribution < -0.4 is 5.32 Å². The van der Waals surface area contributed by atoms with E-state index in [1.807, 2.05) is 13.2 Å². The van der Waals surface area contributed by atoms with Gasteiger partial charge in [-0.05, 0) is 32.0 Å². The maximum absolute atomic E-state index is 4.47. The van der Waals surface area contributed by atoms with Crippen LogP contribution >= 0.6 is 0 Å². The van der Waals surface area contributed by atoms with E-state index in [0.717, 1.165) is 12.4 Å². The van der Waals surface area contributed by atoms with E-state index >= 15 is 0 Å². The summed E-state index contributed by atoms with van der Waals surface area (Å²) in [6.45, 7) is 9.60. The second-order valence-electron chi connectivity index (χ2n) is 5.79. The van der Waals surface area contributed by atoms with Gasteiger partial charge >= 0.3 is 0 Å². The molecular formula is C17H25N3. The number of aromatic nitrogens is 2. The van der Waals surface area contributed by atoms with Gasteiger partial charge in [-0.25, -0.2) is 4.98 Å². The van der Waals surface area contributed by atoms with Gasteiger partial charge in [-0.1, -0.05) is 37.6 Å². The average molecular weight is 271 g/mol. The van der Waals surface area contributed by atoms with E-state index in [4.69, 9.17) is 0 Å². The fourth-order valence-corrected chi connectivity index (χ4v) is 2.73. The minimum Gasteiger partial charge on any atom is -0.333 e. The lowest BCUT2D eigenvalue weighted by Gasteiger charge is -2.21. The van der Waals surface area contributed by atoms with E-state index in [2.05, 4.69) is 67.0 Å². The first-order valence-corrected chi connectivity index (χ1v) is 7.28. The summed E-state index contributed by atoms with van der Waals surface area (Å²) in [5, 5.41) is 3.43. The van der Waals surface area contributed by atoms with Crippen molar-refractivity contribution >= 4 is 0 Å². The molecule has 3 heteroatoms. The van der Waals surface area contributed by atoms with Gasteiger partial charge in [-0.15, -0.1) is 0 Å². The quantitative estimate of drug-likeness (QED) is 0.900. The second-order valence-corrected chi connectivity index (χ2v) is 5.79. The van der Waals surface area contributed by atoms with Crippen LogP contribution in [0.5, 0.6) is 0 Å². The summed E-state index contributed by atoms with van der Waals surface area (Å²) in [6.07, 6.45) is 3.97. The largest absolute Gasteiger partial charge is 0.333 e. The van der Waals surface area contributed by atoms with Crippen molar-refractivity contribution in [3.05, 3.63) is 53.1 Å². The number of likely N-dealkylation sites (N-methyl/N-ethyl adjacent to an activating group) is 1. The van der Waals surface area contributed by atoms with Crippen molar-refractivity contribution < 1.29 is 0 Å². The normalized spacial score (nSPS) is 12.9. The fourth-order valence-electron chi connectivity index (χ4n) is 2.73. The fraction of sp³-hybridized carbons (Fsp3) is 0.471. The SMILES string of the molecule is CNC(Cn1ccnc1C(C)C)c1ccc(C)cc1C. The van der Waals surface area contributed by atoms with Crippen molar-refractivity contribution in [1.29, 1.82) is 0 Å². The van der Waals surface area contributed by atoms with Gasteiger partial charge in [0.1, 0.15) is 5.82 Å². The molecule has 0 bridgehead atoms. The number of benzene rings is 1. The maximum Gasteiger partial charge on any atom is 0.111 e. The second kappa shape index (κ2) is 6.23. The highest BCUT2D eigenvalue weighted by Gasteiger charge is 2.15. The number of nitrogens with one attached hydrogen (secondary N) is 1. The molecule has 0 saturated heterocycles. The van der Waals surface area contributed by atoms with Crippen molar-refractivity contribution in [1.82, 2.24) is 14.9 Å². The molecule has 1 unspecified atom stereocenters. The molecule has 3 nitrogen and oxygen atoms in total. The lowest BCUT2D eigenvalue weighted by Crippen LogP contribution is -2.23. The summed E-state index contributed by atoms with van der Waals surface area (Å²) in [4.78, 5) is 4.47. The molecule has 0 aliphatic rings. The molecule has 0 radical (unpaired) electrons. The zero-order chi connectivity index (χ0) is 14.7. The number of rotatable bonds is 5. The molecule has 0 aliphatic carbocycles. The Kier molecular flexibility index (Phi) is 4.61. The summed E-state index contributed by atoms with van der Waals surface area (Å²) >= 11 is 0. The van der Waals surface area contributed by atoms with Crippen LogP contribution in [-0.4, -0.2) is 16.6 Å². The highest BCUT2D eigenvalue weighted by atomic mass is 15.1. The van der Waals surface area contributed by atoms with Crippen LogP contribution in [0.2, 0.25) is 0 Å². The van der Waals surface area contributed by atoms with Gasteiger partial charge in [0.15, 0.2) is 0 Å². The highest BCUT2D eigenvalue weighted by Crippen LogP contribution is 2.22. The van der Waals surface area contributed by atoms with E-state index in [9.17, 15) is 0 Å². The van der Waals surface area contributed by atoms with Gasteiger partial charge in [-0.3, -0.25) is 0 Å². The Morgan fingerprint density at radius 3 is 2.60 bits per heavy atom. The van der Waals surface area contributed by atoms with E-state index in [1.165, 1.54) is 16.7 Å². The van der Waals surface area contributed by atoms with Crippen molar-refractivity contribution in [2.75, 3.05) is 7.05 Å². The number of nitrogens with zero attached hydrogens (tertiary/aromatic N) is 2. The minimum atomic E-state index is 0.308. The monoisotopic (exact) mass is 271 g/mol. The van der Waals surface area contributed by atoms with Crippen LogP contribution in [0.3, 0.4) is 0 Å². The predicted octanol–water partition coefficient (Wildman–Crippen LogP) is 3.58. The summed E-state index contributed by atoms with van der Waals surface area (Å²) in [5.41, 5.74) is 4.02. The minimum absolute atomic E-state index is 0.308. The molecule has 2 aromatic rings. The smallest absolute Gasteiger partial charge is 0.111 e. The number of hydrogen-bond donors (Lipinski definition) is 1. The highest BCUT2D eigenvalue weighted by molar-refractivity contribution is 5.32. The maximum atomic E-state index is 4.47. The molecule has 0 fully saturated rings. The molecule has 1 aromatic carbocycles. The molecule has 0 amide bonds. The number of imidazole rings is 1.